The van der Waals surface area contributed by atoms with Gasteiger partial charge in [0.1, 0.15) is 0 Å². The van der Waals surface area contributed by atoms with E-state index in [9.17, 15) is 0 Å². The van der Waals surface area contributed by atoms with Crippen molar-refractivity contribution in [2.75, 3.05) is 23.7 Å². The number of fused-ring (bicyclic) bond motifs is 1. The molecule has 2 N–H and O–H groups in total. The van der Waals surface area contributed by atoms with E-state index in [4.69, 9.17) is 5.73 Å². The molecule has 0 saturated heterocycles. The molecule has 2 aromatic rings. The van der Waals surface area contributed by atoms with Crippen molar-refractivity contribution in [1.29, 1.82) is 0 Å². The summed E-state index contributed by atoms with van der Waals surface area (Å²) >= 11 is 0. The highest BCUT2D eigenvalue weighted by Gasteiger charge is 2.17. The molecule has 3 rings (SSSR count). The Bertz CT molecular complexity index is 565. The lowest BCUT2D eigenvalue weighted by Crippen LogP contribution is -2.28. The summed E-state index contributed by atoms with van der Waals surface area (Å²) in [4.78, 5) is 6.78. The molecule has 3 nitrogen and oxygen atoms in total. The number of benzene rings is 1. The van der Waals surface area contributed by atoms with Crippen LogP contribution in [-0.4, -0.2) is 18.1 Å². The molecule has 0 amide bonds. The van der Waals surface area contributed by atoms with E-state index in [-0.39, 0.29) is 0 Å². The van der Waals surface area contributed by atoms with Crippen molar-refractivity contribution in [2.45, 2.75) is 19.8 Å². The molecule has 2 heterocycles. The average Bonchev–Trinajstić information content (AvgIpc) is 2.65. The Morgan fingerprint density at radius 1 is 1.05 bits per heavy atom. The Morgan fingerprint density at radius 3 is 2.32 bits per heavy atom. The summed E-state index contributed by atoms with van der Waals surface area (Å²) in [5.74, 6) is 0.938. The molecule has 0 unspecified atom stereocenters. The standard InChI is InChI=1S/C16H19N3/c1-12-6-9-18-16(15(12)17)19-10-7-13-4-2-3-5-14(13)8-11-19/h2-6,9H,7-8,10-11,17H2,1H3. The molecule has 1 aliphatic heterocycles. The summed E-state index contributed by atoms with van der Waals surface area (Å²) < 4.78 is 0. The molecule has 0 aliphatic carbocycles. The number of anilines is 2. The lowest BCUT2D eigenvalue weighted by atomic mass is 10.0. The van der Waals surface area contributed by atoms with Gasteiger partial charge in [0.2, 0.25) is 0 Å². The van der Waals surface area contributed by atoms with Crippen molar-refractivity contribution in [3.05, 3.63) is 53.2 Å². The maximum Gasteiger partial charge on any atom is 0.152 e. The normalized spacial score (nSPS) is 14.9. The number of hydrogen-bond acceptors (Lipinski definition) is 3. The van der Waals surface area contributed by atoms with Crippen LogP contribution >= 0.6 is 0 Å². The number of nitrogens with zero attached hydrogens (tertiary/aromatic N) is 2. The Morgan fingerprint density at radius 2 is 1.68 bits per heavy atom. The molecule has 3 heteroatoms. The van der Waals surface area contributed by atoms with Crippen molar-refractivity contribution in [1.82, 2.24) is 4.98 Å². The maximum atomic E-state index is 6.17. The summed E-state index contributed by atoms with van der Waals surface area (Å²) in [5, 5.41) is 0. The first-order valence-corrected chi connectivity index (χ1v) is 6.78. The lowest BCUT2D eigenvalue weighted by Gasteiger charge is -2.23. The average molecular weight is 253 g/mol. The fraction of sp³-hybridized carbons (Fsp3) is 0.312. The summed E-state index contributed by atoms with van der Waals surface area (Å²) in [6, 6.07) is 10.7. The zero-order valence-corrected chi connectivity index (χ0v) is 11.3. The minimum absolute atomic E-state index is 0.813. The first kappa shape index (κ1) is 12.0. The molecule has 0 fully saturated rings. The van der Waals surface area contributed by atoms with Gasteiger partial charge in [0, 0.05) is 19.3 Å². The smallest absolute Gasteiger partial charge is 0.152 e. The fourth-order valence-corrected chi connectivity index (χ4v) is 2.69. The quantitative estimate of drug-likeness (QED) is 0.849. The van der Waals surface area contributed by atoms with Gasteiger partial charge in [-0.25, -0.2) is 4.98 Å². The Labute approximate surface area is 114 Å². The number of rotatable bonds is 1. The molecule has 0 bridgehead atoms. The van der Waals surface area contributed by atoms with Crippen LogP contribution in [0, 0.1) is 6.92 Å². The second-order valence-corrected chi connectivity index (χ2v) is 5.12. The van der Waals surface area contributed by atoms with Crippen LogP contribution in [0.15, 0.2) is 36.5 Å². The van der Waals surface area contributed by atoms with Gasteiger partial charge < -0.3 is 10.6 Å². The highest BCUT2D eigenvalue weighted by Crippen LogP contribution is 2.26. The van der Waals surface area contributed by atoms with E-state index < -0.39 is 0 Å². The van der Waals surface area contributed by atoms with Gasteiger partial charge in [-0.1, -0.05) is 24.3 Å². The Balaban J connectivity index is 1.88. The fourth-order valence-electron chi connectivity index (χ4n) is 2.69. The van der Waals surface area contributed by atoms with E-state index in [1.807, 2.05) is 19.2 Å². The van der Waals surface area contributed by atoms with Gasteiger partial charge in [0.05, 0.1) is 5.69 Å². The number of hydrogen-bond donors (Lipinski definition) is 1. The van der Waals surface area contributed by atoms with Crippen LogP contribution in [0.2, 0.25) is 0 Å². The van der Waals surface area contributed by atoms with Gasteiger partial charge in [-0.15, -0.1) is 0 Å². The van der Waals surface area contributed by atoms with Crippen LogP contribution in [0.4, 0.5) is 11.5 Å². The highest BCUT2D eigenvalue weighted by atomic mass is 15.2. The third-order valence-corrected chi connectivity index (χ3v) is 3.91. The molecule has 1 aromatic heterocycles. The van der Waals surface area contributed by atoms with E-state index in [2.05, 4.69) is 34.1 Å². The zero-order chi connectivity index (χ0) is 13.2. The zero-order valence-electron chi connectivity index (χ0n) is 11.3. The van der Waals surface area contributed by atoms with Crippen LogP contribution < -0.4 is 10.6 Å². The molecule has 98 valence electrons. The first-order valence-electron chi connectivity index (χ1n) is 6.78. The van der Waals surface area contributed by atoms with Gasteiger partial charge >= 0.3 is 0 Å². The molecule has 0 radical (unpaired) electrons. The molecule has 1 aromatic carbocycles. The second-order valence-electron chi connectivity index (χ2n) is 5.12. The number of nitrogen functional groups attached to an aromatic ring is 1. The van der Waals surface area contributed by atoms with E-state index in [0.717, 1.165) is 43.0 Å². The predicted octanol–water partition coefficient (Wildman–Crippen LogP) is 2.58. The number of aromatic nitrogens is 1. The van der Waals surface area contributed by atoms with Crippen LogP contribution in [0.1, 0.15) is 16.7 Å². The lowest BCUT2D eigenvalue weighted by molar-refractivity contribution is 0.792. The minimum atomic E-state index is 0.813. The van der Waals surface area contributed by atoms with Gasteiger partial charge in [-0.05, 0) is 42.5 Å². The first-order chi connectivity index (χ1) is 9.25. The summed E-state index contributed by atoms with van der Waals surface area (Å²) in [6.07, 6.45) is 3.97. The van der Waals surface area contributed by atoms with Crippen molar-refractivity contribution in [2.24, 2.45) is 0 Å². The SMILES string of the molecule is Cc1ccnc(N2CCc3ccccc3CC2)c1N. The Hall–Kier alpha value is -2.03. The molecule has 0 atom stereocenters. The van der Waals surface area contributed by atoms with E-state index in [0.29, 0.717) is 0 Å². The molecular weight excluding hydrogens is 234 g/mol. The molecule has 1 aliphatic rings. The topological polar surface area (TPSA) is 42.2 Å². The molecule has 0 spiro atoms. The summed E-state index contributed by atoms with van der Waals surface area (Å²) in [6.45, 7) is 4.00. The van der Waals surface area contributed by atoms with Gasteiger partial charge in [-0.3, -0.25) is 0 Å². The number of nitrogens with two attached hydrogens (primary N) is 1. The number of aryl methyl sites for hydroxylation is 1. The van der Waals surface area contributed by atoms with Gasteiger partial charge in [-0.2, -0.15) is 0 Å². The van der Waals surface area contributed by atoms with Crippen molar-refractivity contribution in [3.8, 4) is 0 Å². The van der Waals surface area contributed by atoms with E-state index >= 15 is 0 Å². The number of pyridine rings is 1. The highest BCUT2D eigenvalue weighted by molar-refractivity contribution is 5.66. The van der Waals surface area contributed by atoms with E-state index in [1.54, 1.807) is 0 Å². The van der Waals surface area contributed by atoms with Crippen LogP contribution in [-0.2, 0) is 12.8 Å². The summed E-state index contributed by atoms with van der Waals surface area (Å²) in [7, 11) is 0. The summed E-state index contributed by atoms with van der Waals surface area (Å²) in [5.41, 5.74) is 11.0. The maximum absolute atomic E-state index is 6.17. The van der Waals surface area contributed by atoms with Crippen LogP contribution in [0.5, 0.6) is 0 Å². The van der Waals surface area contributed by atoms with Gasteiger partial charge in [0.25, 0.3) is 0 Å². The van der Waals surface area contributed by atoms with Crippen molar-refractivity contribution >= 4 is 11.5 Å². The monoisotopic (exact) mass is 253 g/mol. The largest absolute Gasteiger partial charge is 0.396 e. The molecular formula is C16H19N3. The van der Waals surface area contributed by atoms with Crippen molar-refractivity contribution in [3.63, 3.8) is 0 Å². The molecule has 0 saturated carbocycles. The van der Waals surface area contributed by atoms with E-state index in [1.165, 1.54) is 11.1 Å². The predicted molar refractivity (Wildman–Crippen MR) is 79.4 cm³/mol. The third-order valence-electron chi connectivity index (χ3n) is 3.91. The third kappa shape index (κ3) is 2.28. The van der Waals surface area contributed by atoms with Crippen LogP contribution in [0.3, 0.4) is 0 Å². The van der Waals surface area contributed by atoms with Crippen LogP contribution in [0.25, 0.3) is 0 Å². The van der Waals surface area contributed by atoms with Gasteiger partial charge in [0.15, 0.2) is 5.82 Å². The second kappa shape index (κ2) is 4.92. The van der Waals surface area contributed by atoms with Crippen molar-refractivity contribution < 1.29 is 0 Å². The minimum Gasteiger partial charge on any atom is -0.396 e. The molecule has 19 heavy (non-hydrogen) atoms. The Kier molecular flexibility index (Phi) is 3.11.